The Morgan fingerprint density at radius 3 is 2.86 bits per heavy atom. The van der Waals surface area contributed by atoms with Gasteiger partial charge in [0, 0.05) is 35.9 Å². The lowest BCUT2D eigenvalue weighted by Crippen LogP contribution is -2.21. The van der Waals surface area contributed by atoms with Gasteiger partial charge in [-0.25, -0.2) is 4.39 Å². The first-order valence-corrected chi connectivity index (χ1v) is 6.99. The Labute approximate surface area is 122 Å². The Morgan fingerprint density at radius 2 is 2.10 bits per heavy atom. The highest BCUT2D eigenvalue weighted by Crippen LogP contribution is 2.29. The van der Waals surface area contributed by atoms with Gasteiger partial charge in [-0.2, -0.15) is 0 Å². The lowest BCUT2D eigenvalue weighted by atomic mass is 10.1. The molecule has 0 aliphatic rings. The van der Waals surface area contributed by atoms with Crippen LogP contribution in [0.25, 0.3) is 22.3 Å². The minimum atomic E-state index is -0.343. The van der Waals surface area contributed by atoms with Gasteiger partial charge in [-0.1, -0.05) is 26.0 Å². The SMILES string of the molecule is CC(C)NCc1cncc(-c2cc3cccc(F)c3o2)c1. The van der Waals surface area contributed by atoms with E-state index >= 15 is 0 Å². The zero-order valence-corrected chi connectivity index (χ0v) is 12.1. The first-order chi connectivity index (χ1) is 10.1. The highest BCUT2D eigenvalue weighted by atomic mass is 19.1. The van der Waals surface area contributed by atoms with Gasteiger partial charge in [-0.05, 0) is 23.8 Å². The molecule has 4 heteroatoms. The number of para-hydroxylation sites is 1. The molecule has 3 rings (SSSR count). The Bertz CT molecular complexity index is 764. The predicted octanol–water partition coefficient (Wildman–Crippen LogP) is 4.13. The molecule has 0 atom stereocenters. The summed E-state index contributed by atoms with van der Waals surface area (Å²) >= 11 is 0. The first kappa shape index (κ1) is 13.8. The van der Waals surface area contributed by atoms with Crippen LogP contribution in [-0.4, -0.2) is 11.0 Å². The summed E-state index contributed by atoms with van der Waals surface area (Å²) < 4.78 is 19.3. The minimum absolute atomic E-state index is 0.290. The summed E-state index contributed by atoms with van der Waals surface area (Å²) in [6.07, 6.45) is 3.55. The van der Waals surface area contributed by atoms with Crippen LogP contribution in [0.4, 0.5) is 4.39 Å². The zero-order valence-electron chi connectivity index (χ0n) is 12.1. The average Bonchev–Trinajstić information content (AvgIpc) is 2.91. The van der Waals surface area contributed by atoms with Crippen LogP contribution in [0.1, 0.15) is 19.4 Å². The summed E-state index contributed by atoms with van der Waals surface area (Å²) in [6, 6.07) is 9.18. The third-order valence-electron chi connectivity index (χ3n) is 3.29. The van der Waals surface area contributed by atoms with Crippen molar-refractivity contribution in [3.8, 4) is 11.3 Å². The number of pyridine rings is 1. The lowest BCUT2D eigenvalue weighted by molar-refractivity contribution is 0.568. The van der Waals surface area contributed by atoms with E-state index in [2.05, 4.69) is 24.1 Å². The maximum atomic E-state index is 13.7. The molecule has 0 bridgehead atoms. The zero-order chi connectivity index (χ0) is 14.8. The number of hydrogen-bond donors (Lipinski definition) is 1. The van der Waals surface area contributed by atoms with E-state index in [1.165, 1.54) is 6.07 Å². The monoisotopic (exact) mass is 284 g/mol. The fourth-order valence-corrected chi connectivity index (χ4v) is 2.21. The van der Waals surface area contributed by atoms with Crippen LogP contribution in [-0.2, 0) is 6.54 Å². The van der Waals surface area contributed by atoms with Gasteiger partial charge in [-0.15, -0.1) is 0 Å². The Morgan fingerprint density at radius 1 is 1.24 bits per heavy atom. The molecule has 1 N–H and O–H groups in total. The van der Waals surface area contributed by atoms with Crippen LogP contribution in [0.2, 0.25) is 0 Å². The third kappa shape index (κ3) is 2.95. The van der Waals surface area contributed by atoms with E-state index in [1.54, 1.807) is 12.3 Å². The molecule has 0 aliphatic heterocycles. The summed E-state index contributed by atoms with van der Waals surface area (Å²) in [7, 11) is 0. The Kier molecular flexibility index (Phi) is 3.71. The molecule has 0 saturated carbocycles. The summed E-state index contributed by atoms with van der Waals surface area (Å²) in [6.45, 7) is 4.94. The van der Waals surface area contributed by atoms with E-state index in [9.17, 15) is 4.39 Å². The van der Waals surface area contributed by atoms with Gasteiger partial charge in [0.1, 0.15) is 5.76 Å². The van der Waals surface area contributed by atoms with Crippen LogP contribution >= 0.6 is 0 Å². The number of furan rings is 1. The Balaban J connectivity index is 1.94. The summed E-state index contributed by atoms with van der Waals surface area (Å²) in [5.41, 5.74) is 2.22. The molecule has 0 radical (unpaired) electrons. The second kappa shape index (κ2) is 5.66. The average molecular weight is 284 g/mol. The van der Waals surface area contributed by atoms with Gasteiger partial charge >= 0.3 is 0 Å². The molecule has 0 aliphatic carbocycles. The van der Waals surface area contributed by atoms with Gasteiger partial charge < -0.3 is 9.73 Å². The van der Waals surface area contributed by atoms with Crippen molar-refractivity contribution in [2.75, 3.05) is 0 Å². The maximum Gasteiger partial charge on any atom is 0.170 e. The standard InChI is InChI=1S/C17H17FN2O/c1-11(2)20-9-12-6-14(10-19-8-12)16-7-13-4-3-5-15(18)17(13)21-16/h3-8,10-11,20H,9H2,1-2H3. The van der Waals surface area contributed by atoms with Crippen LogP contribution in [0.3, 0.4) is 0 Å². The quantitative estimate of drug-likeness (QED) is 0.782. The highest BCUT2D eigenvalue weighted by Gasteiger charge is 2.10. The van der Waals surface area contributed by atoms with E-state index in [1.807, 2.05) is 24.4 Å². The van der Waals surface area contributed by atoms with Crippen molar-refractivity contribution >= 4 is 11.0 Å². The largest absolute Gasteiger partial charge is 0.453 e. The molecule has 3 aromatic rings. The Hall–Kier alpha value is -2.20. The number of nitrogens with zero attached hydrogens (tertiary/aromatic N) is 1. The number of nitrogens with one attached hydrogen (secondary N) is 1. The van der Waals surface area contributed by atoms with E-state index in [0.717, 1.165) is 23.1 Å². The first-order valence-electron chi connectivity index (χ1n) is 6.99. The molecule has 2 aromatic heterocycles. The molecule has 0 spiro atoms. The molecule has 2 heterocycles. The fraction of sp³-hybridized carbons (Fsp3) is 0.235. The summed E-state index contributed by atoms with van der Waals surface area (Å²) in [4.78, 5) is 4.24. The number of benzene rings is 1. The highest BCUT2D eigenvalue weighted by molar-refractivity contribution is 5.83. The normalized spacial score (nSPS) is 11.4. The third-order valence-corrected chi connectivity index (χ3v) is 3.29. The van der Waals surface area contributed by atoms with Crippen molar-refractivity contribution in [3.63, 3.8) is 0 Å². The van der Waals surface area contributed by atoms with Gasteiger partial charge in [0.15, 0.2) is 11.4 Å². The predicted molar refractivity (Wildman–Crippen MR) is 81.4 cm³/mol. The van der Waals surface area contributed by atoms with Gasteiger partial charge in [0.25, 0.3) is 0 Å². The maximum absolute atomic E-state index is 13.7. The van der Waals surface area contributed by atoms with Crippen molar-refractivity contribution in [1.29, 1.82) is 0 Å². The van der Waals surface area contributed by atoms with Gasteiger partial charge in [0.2, 0.25) is 0 Å². The van der Waals surface area contributed by atoms with Crippen LogP contribution in [0.5, 0.6) is 0 Å². The molecule has 0 amide bonds. The van der Waals surface area contributed by atoms with Crippen LogP contribution < -0.4 is 5.32 Å². The van der Waals surface area contributed by atoms with Crippen molar-refractivity contribution in [2.24, 2.45) is 0 Å². The molecule has 0 fully saturated rings. The van der Waals surface area contributed by atoms with E-state index in [-0.39, 0.29) is 5.82 Å². The van der Waals surface area contributed by atoms with Crippen LogP contribution in [0.15, 0.2) is 47.1 Å². The molecule has 21 heavy (non-hydrogen) atoms. The summed E-state index contributed by atoms with van der Waals surface area (Å²) in [5.74, 6) is 0.290. The van der Waals surface area contributed by atoms with E-state index in [4.69, 9.17) is 4.42 Å². The van der Waals surface area contributed by atoms with Gasteiger partial charge in [-0.3, -0.25) is 4.98 Å². The molecule has 1 aromatic carbocycles. The second-order valence-corrected chi connectivity index (χ2v) is 5.39. The minimum Gasteiger partial charge on any atom is -0.453 e. The van der Waals surface area contributed by atoms with Crippen molar-refractivity contribution in [3.05, 3.63) is 54.1 Å². The molecule has 0 saturated heterocycles. The number of aromatic nitrogens is 1. The molecular formula is C17H17FN2O. The molecule has 3 nitrogen and oxygen atoms in total. The number of rotatable bonds is 4. The van der Waals surface area contributed by atoms with Crippen molar-refractivity contribution in [1.82, 2.24) is 10.3 Å². The number of halogens is 1. The van der Waals surface area contributed by atoms with Crippen molar-refractivity contribution in [2.45, 2.75) is 26.4 Å². The number of fused-ring (bicyclic) bond motifs is 1. The van der Waals surface area contributed by atoms with E-state index in [0.29, 0.717) is 17.4 Å². The van der Waals surface area contributed by atoms with E-state index < -0.39 is 0 Å². The summed E-state index contributed by atoms with van der Waals surface area (Å²) in [5, 5.41) is 4.11. The molecule has 0 unspecified atom stereocenters. The topological polar surface area (TPSA) is 38.1 Å². The molecule has 108 valence electrons. The van der Waals surface area contributed by atoms with Gasteiger partial charge in [0.05, 0.1) is 0 Å². The lowest BCUT2D eigenvalue weighted by Gasteiger charge is -2.08. The number of hydrogen-bond acceptors (Lipinski definition) is 3. The second-order valence-electron chi connectivity index (χ2n) is 5.39. The molecular weight excluding hydrogens is 267 g/mol. The fourth-order valence-electron chi connectivity index (χ4n) is 2.21. The van der Waals surface area contributed by atoms with Crippen LogP contribution in [0, 0.1) is 5.82 Å². The van der Waals surface area contributed by atoms with Crippen molar-refractivity contribution < 1.29 is 8.81 Å². The smallest absolute Gasteiger partial charge is 0.170 e.